The molecule has 7 heteroatoms. The lowest BCUT2D eigenvalue weighted by Gasteiger charge is -2.18. The number of alkyl carbamates (subject to hydrolysis) is 1. The van der Waals surface area contributed by atoms with E-state index in [0.717, 1.165) is 57.8 Å². The van der Waals surface area contributed by atoms with Crippen LogP contribution in [-0.2, 0) is 23.8 Å². The first-order valence-corrected chi connectivity index (χ1v) is 10.7. The molecule has 0 aliphatic heterocycles. The summed E-state index contributed by atoms with van der Waals surface area (Å²) < 4.78 is 15.5. The molecule has 0 aromatic heterocycles. The lowest BCUT2D eigenvalue weighted by molar-refractivity contribution is -0.161. The van der Waals surface area contributed by atoms with Crippen LogP contribution in [0.5, 0.6) is 0 Å². The summed E-state index contributed by atoms with van der Waals surface area (Å²) >= 11 is 0. The van der Waals surface area contributed by atoms with Crippen molar-refractivity contribution in [2.75, 3.05) is 20.3 Å². The summed E-state index contributed by atoms with van der Waals surface area (Å²) in [5.74, 6) is -0.685. The van der Waals surface area contributed by atoms with Crippen LogP contribution in [0.15, 0.2) is 0 Å². The van der Waals surface area contributed by atoms with E-state index in [-0.39, 0.29) is 25.2 Å². The highest BCUT2D eigenvalue weighted by atomic mass is 16.6. The smallest absolute Gasteiger partial charge is 0.407 e. The van der Waals surface area contributed by atoms with Crippen molar-refractivity contribution in [1.82, 2.24) is 5.32 Å². The van der Waals surface area contributed by atoms with E-state index in [4.69, 9.17) is 14.2 Å². The lowest BCUT2D eigenvalue weighted by Crippen LogP contribution is -2.32. The molecule has 0 rings (SSSR count). The van der Waals surface area contributed by atoms with Crippen molar-refractivity contribution in [1.29, 1.82) is 0 Å². The summed E-state index contributed by atoms with van der Waals surface area (Å²) in [7, 11) is 1.44. The van der Waals surface area contributed by atoms with Gasteiger partial charge in [-0.05, 0) is 12.8 Å². The molecule has 0 saturated carbocycles. The number of carbonyl (C=O) groups is 3. The SMILES string of the molecule is CCCCCCCC(=O)OCC(COC(=O)NC)OC(=O)CCCCCCC. The minimum absolute atomic E-state index is 0.105. The minimum Gasteiger partial charge on any atom is -0.462 e. The van der Waals surface area contributed by atoms with E-state index in [2.05, 4.69) is 19.2 Å². The number of hydrogen-bond donors (Lipinski definition) is 1. The molecule has 1 atom stereocenters. The van der Waals surface area contributed by atoms with Gasteiger partial charge in [0.15, 0.2) is 6.10 Å². The molecular weight excluding hydrogens is 362 g/mol. The number of hydrogen-bond acceptors (Lipinski definition) is 6. The van der Waals surface area contributed by atoms with Gasteiger partial charge in [0, 0.05) is 19.9 Å². The Morgan fingerprint density at radius 3 is 1.75 bits per heavy atom. The van der Waals surface area contributed by atoms with E-state index < -0.39 is 12.2 Å². The normalized spacial score (nSPS) is 11.5. The van der Waals surface area contributed by atoms with Gasteiger partial charge in [0.2, 0.25) is 0 Å². The number of esters is 2. The van der Waals surface area contributed by atoms with Crippen LogP contribution in [-0.4, -0.2) is 44.4 Å². The van der Waals surface area contributed by atoms with Crippen molar-refractivity contribution in [2.24, 2.45) is 0 Å². The molecule has 0 fully saturated rings. The lowest BCUT2D eigenvalue weighted by atomic mass is 10.1. The fourth-order valence-electron chi connectivity index (χ4n) is 2.61. The van der Waals surface area contributed by atoms with Crippen molar-refractivity contribution < 1.29 is 28.6 Å². The third-order valence-corrected chi connectivity index (χ3v) is 4.30. The third kappa shape index (κ3) is 16.4. The first-order chi connectivity index (χ1) is 13.5. The maximum Gasteiger partial charge on any atom is 0.407 e. The van der Waals surface area contributed by atoms with Gasteiger partial charge in [-0.3, -0.25) is 9.59 Å². The quantitative estimate of drug-likeness (QED) is 0.219. The van der Waals surface area contributed by atoms with Gasteiger partial charge < -0.3 is 19.5 Å². The Labute approximate surface area is 169 Å². The van der Waals surface area contributed by atoms with Gasteiger partial charge in [-0.15, -0.1) is 0 Å². The molecule has 0 aliphatic rings. The van der Waals surface area contributed by atoms with Crippen molar-refractivity contribution in [3.8, 4) is 0 Å². The predicted molar refractivity (Wildman–Crippen MR) is 108 cm³/mol. The Hall–Kier alpha value is -1.79. The van der Waals surface area contributed by atoms with Gasteiger partial charge in [-0.1, -0.05) is 65.2 Å². The summed E-state index contributed by atoms with van der Waals surface area (Å²) in [6.45, 7) is 4.02. The van der Waals surface area contributed by atoms with Gasteiger partial charge in [-0.2, -0.15) is 0 Å². The fourth-order valence-corrected chi connectivity index (χ4v) is 2.61. The first-order valence-electron chi connectivity index (χ1n) is 10.7. The summed E-state index contributed by atoms with van der Waals surface area (Å²) in [6, 6.07) is 0. The molecule has 0 spiro atoms. The van der Waals surface area contributed by atoms with E-state index in [0.29, 0.717) is 12.8 Å². The van der Waals surface area contributed by atoms with Crippen LogP contribution in [0.1, 0.15) is 90.9 Å². The van der Waals surface area contributed by atoms with Crippen LogP contribution in [0.2, 0.25) is 0 Å². The Balaban J connectivity index is 4.22. The van der Waals surface area contributed by atoms with Gasteiger partial charge in [-0.25, -0.2) is 4.79 Å². The summed E-state index contributed by atoms with van der Waals surface area (Å²) in [6.07, 6.45) is 9.62. The van der Waals surface area contributed by atoms with Gasteiger partial charge in [0.05, 0.1) is 0 Å². The molecule has 0 saturated heterocycles. The van der Waals surface area contributed by atoms with Crippen LogP contribution in [0.3, 0.4) is 0 Å². The molecular formula is C21H39NO6. The Bertz CT molecular complexity index is 427. The standard InChI is InChI=1S/C21H39NO6/c1-4-6-8-10-12-14-19(23)26-16-18(17-27-21(25)22-3)28-20(24)15-13-11-9-7-5-2/h18H,4-17H2,1-3H3,(H,22,25). The van der Waals surface area contributed by atoms with Gasteiger partial charge >= 0.3 is 18.0 Å². The van der Waals surface area contributed by atoms with Gasteiger partial charge in [0.1, 0.15) is 13.2 Å². The second-order valence-electron chi connectivity index (χ2n) is 6.97. The fraction of sp³-hybridized carbons (Fsp3) is 0.857. The second kappa shape index (κ2) is 18.6. The zero-order chi connectivity index (χ0) is 21.0. The molecule has 0 bridgehead atoms. The van der Waals surface area contributed by atoms with Crippen LogP contribution >= 0.6 is 0 Å². The number of nitrogens with one attached hydrogen (secondary N) is 1. The minimum atomic E-state index is -0.788. The van der Waals surface area contributed by atoms with Crippen molar-refractivity contribution in [2.45, 2.75) is 97.0 Å². The van der Waals surface area contributed by atoms with Crippen LogP contribution < -0.4 is 5.32 Å². The monoisotopic (exact) mass is 401 g/mol. The van der Waals surface area contributed by atoms with E-state index in [9.17, 15) is 14.4 Å². The second-order valence-corrected chi connectivity index (χ2v) is 6.97. The molecule has 0 aliphatic carbocycles. The summed E-state index contributed by atoms with van der Waals surface area (Å²) in [4.78, 5) is 35.1. The summed E-state index contributed by atoms with van der Waals surface area (Å²) in [5, 5.41) is 2.33. The third-order valence-electron chi connectivity index (χ3n) is 4.30. The molecule has 1 unspecified atom stereocenters. The largest absolute Gasteiger partial charge is 0.462 e. The number of carbonyl (C=O) groups excluding carboxylic acids is 3. The first kappa shape index (κ1) is 26.2. The molecule has 164 valence electrons. The van der Waals surface area contributed by atoms with E-state index in [1.807, 2.05) is 0 Å². The maximum atomic E-state index is 12.0. The highest BCUT2D eigenvalue weighted by Crippen LogP contribution is 2.09. The topological polar surface area (TPSA) is 90.9 Å². The molecule has 1 amide bonds. The van der Waals surface area contributed by atoms with E-state index in [1.165, 1.54) is 13.5 Å². The maximum absolute atomic E-state index is 12.0. The molecule has 0 heterocycles. The Kier molecular flexibility index (Phi) is 17.4. The van der Waals surface area contributed by atoms with Crippen molar-refractivity contribution >= 4 is 18.0 Å². The molecule has 7 nitrogen and oxygen atoms in total. The van der Waals surface area contributed by atoms with Crippen molar-refractivity contribution in [3.05, 3.63) is 0 Å². The number of rotatable bonds is 17. The van der Waals surface area contributed by atoms with Crippen LogP contribution in [0.25, 0.3) is 0 Å². The number of ether oxygens (including phenoxy) is 3. The zero-order valence-electron chi connectivity index (χ0n) is 17.9. The molecule has 1 N–H and O–H groups in total. The molecule has 0 aromatic rings. The highest BCUT2D eigenvalue weighted by molar-refractivity contribution is 5.70. The van der Waals surface area contributed by atoms with Gasteiger partial charge in [0.25, 0.3) is 0 Å². The van der Waals surface area contributed by atoms with E-state index >= 15 is 0 Å². The molecule has 0 radical (unpaired) electrons. The number of amides is 1. The average molecular weight is 402 g/mol. The van der Waals surface area contributed by atoms with E-state index in [1.54, 1.807) is 0 Å². The Morgan fingerprint density at radius 2 is 1.21 bits per heavy atom. The summed E-state index contributed by atoms with van der Waals surface area (Å²) in [5.41, 5.74) is 0. The molecule has 0 aromatic carbocycles. The average Bonchev–Trinajstić information content (AvgIpc) is 2.69. The number of unbranched alkanes of at least 4 members (excludes halogenated alkanes) is 8. The zero-order valence-corrected chi connectivity index (χ0v) is 17.9. The molecule has 28 heavy (non-hydrogen) atoms. The van der Waals surface area contributed by atoms with Crippen LogP contribution in [0.4, 0.5) is 4.79 Å². The van der Waals surface area contributed by atoms with Crippen molar-refractivity contribution in [3.63, 3.8) is 0 Å². The van der Waals surface area contributed by atoms with Crippen LogP contribution in [0, 0.1) is 0 Å². The Morgan fingerprint density at radius 1 is 0.714 bits per heavy atom. The highest BCUT2D eigenvalue weighted by Gasteiger charge is 2.19. The predicted octanol–water partition coefficient (Wildman–Crippen LogP) is 4.52.